The number of aldehydes is 1. The lowest BCUT2D eigenvalue weighted by molar-refractivity contribution is -0.105. The van der Waals surface area contributed by atoms with Gasteiger partial charge in [0.1, 0.15) is 6.29 Å². The highest BCUT2D eigenvalue weighted by molar-refractivity contribution is 8.16. The quantitative estimate of drug-likeness (QED) is 0.356. The number of thioether (sulfide) groups is 2. The average molecular weight is 166 g/mol. The van der Waals surface area contributed by atoms with E-state index in [1.165, 1.54) is 0 Å². The highest BCUT2D eigenvalue weighted by atomic mass is 32.2. The molecule has 0 aromatic carbocycles. The monoisotopic (exact) mass is 166 g/mol. The molecule has 54 valence electrons. The summed E-state index contributed by atoms with van der Waals surface area (Å²) in [5, 5.41) is 9.23. The molecule has 0 spiro atoms. The van der Waals surface area contributed by atoms with E-state index in [0.717, 1.165) is 17.1 Å². The smallest absolute Gasteiger partial charge is 0.129 e. The molecule has 0 aliphatic heterocycles. The molecule has 0 aromatic rings. The van der Waals surface area contributed by atoms with Crippen molar-refractivity contribution in [1.29, 1.82) is 0 Å². The van der Waals surface area contributed by atoms with Crippen LogP contribution < -0.4 is 0 Å². The number of aliphatic hydroxyl groups excluding tert-OH is 1. The van der Waals surface area contributed by atoms with Gasteiger partial charge in [0, 0.05) is 16.6 Å². The van der Waals surface area contributed by atoms with Gasteiger partial charge in [-0.3, -0.25) is 0 Å². The van der Waals surface area contributed by atoms with Crippen LogP contribution in [0.1, 0.15) is 0 Å². The van der Waals surface area contributed by atoms with E-state index in [4.69, 9.17) is 5.11 Å². The molecule has 1 N–H and O–H groups in total. The molecule has 0 heterocycles. The Morgan fingerprint density at radius 2 is 2.22 bits per heavy atom. The van der Waals surface area contributed by atoms with Crippen LogP contribution in [-0.4, -0.2) is 34.6 Å². The van der Waals surface area contributed by atoms with E-state index in [1.807, 2.05) is 0 Å². The molecule has 0 amide bonds. The van der Waals surface area contributed by atoms with Gasteiger partial charge in [-0.2, -0.15) is 0 Å². The van der Waals surface area contributed by atoms with Crippen LogP contribution in [0.2, 0.25) is 0 Å². The minimum absolute atomic E-state index is 0.228. The second-order valence-corrected chi connectivity index (χ2v) is 3.79. The summed E-state index contributed by atoms with van der Waals surface area (Å²) in [5.41, 5.74) is 0. The maximum atomic E-state index is 9.76. The fraction of sp³-hybridized carbons (Fsp3) is 0.800. The molecule has 0 saturated heterocycles. The van der Waals surface area contributed by atoms with Crippen molar-refractivity contribution in [1.82, 2.24) is 0 Å². The standard InChI is InChI=1S/C5H10O2S2/c6-1-3-8-5-9-4-2-7/h1,7H,2-5H2. The van der Waals surface area contributed by atoms with E-state index in [1.54, 1.807) is 23.5 Å². The number of hydrogen-bond donors (Lipinski definition) is 1. The van der Waals surface area contributed by atoms with Crippen molar-refractivity contribution < 1.29 is 9.90 Å². The van der Waals surface area contributed by atoms with Crippen LogP contribution in [-0.2, 0) is 4.79 Å². The van der Waals surface area contributed by atoms with Gasteiger partial charge in [-0.15, -0.1) is 23.5 Å². The molecule has 0 fully saturated rings. The maximum absolute atomic E-state index is 9.76. The Hall–Kier alpha value is 0.330. The van der Waals surface area contributed by atoms with Gasteiger partial charge >= 0.3 is 0 Å². The number of hydrogen-bond acceptors (Lipinski definition) is 4. The normalized spacial score (nSPS) is 9.44. The minimum atomic E-state index is 0.228. The van der Waals surface area contributed by atoms with E-state index in [9.17, 15) is 4.79 Å². The van der Waals surface area contributed by atoms with E-state index in [0.29, 0.717) is 5.75 Å². The lowest BCUT2D eigenvalue weighted by Gasteiger charge is -1.93. The van der Waals surface area contributed by atoms with Gasteiger partial charge in [0.2, 0.25) is 0 Å². The largest absolute Gasteiger partial charge is 0.396 e. The summed E-state index contributed by atoms with van der Waals surface area (Å²) in [7, 11) is 0. The lowest BCUT2D eigenvalue weighted by atomic mass is 10.9. The molecule has 0 atom stereocenters. The molecule has 0 unspecified atom stereocenters. The van der Waals surface area contributed by atoms with Crippen LogP contribution in [0.3, 0.4) is 0 Å². The predicted molar refractivity (Wildman–Crippen MR) is 42.9 cm³/mol. The van der Waals surface area contributed by atoms with Gasteiger partial charge in [-0.1, -0.05) is 0 Å². The summed E-state index contributed by atoms with van der Waals surface area (Å²) in [6.07, 6.45) is 0.893. The van der Waals surface area contributed by atoms with Crippen LogP contribution in [0.4, 0.5) is 0 Å². The summed E-state index contributed by atoms with van der Waals surface area (Å²) >= 11 is 3.22. The number of aliphatic hydroxyl groups is 1. The zero-order chi connectivity index (χ0) is 6.95. The summed E-state index contributed by atoms with van der Waals surface area (Å²) in [6.45, 7) is 0.228. The van der Waals surface area contributed by atoms with Crippen molar-refractivity contribution in [2.75, 3.05) is 23.2 Å². The SMILES string of the molecule is O=CCSCSCCO. The van der Waals surface area contributed by atoms with Crippen molar-refractivity contribution in [3.63, 3.8) is 0 Å². The van der Waals surface area contributed by atoms with Crippen LogP contribution in [0.5, 0.6) is 0 Å². The summed E-state index contributed by atoms with van der Waals surface area (Å²) in [4.78, 5) is 9.76. The first-order valence-corrected chi connectivity index (χ1v) is 4.92. The minimum Gasteiger partial charge on any atom is -0.396 e. The fourth-order valence-electron chi connectivity index (χ4n) is 0.279. The summed E-state index contributed by atoms with van der Waals surface area (Å²) in [6, 6.07) is 0. The van der Waals surface area contributed by atoms with Crippen molar-refractivity contribution >= 4 is 29.8 Å². The zero-order valence-corrected chi connectivity index (χ0v) is 6.71. The topological polar surface area (TPSA) is 37.3 Å². The number of rotatable bonds is 6. The van der Waals surface area contributed by atoms with Gasteiger partial charge in [-0.05, 0) is 0 Å². The predicted octanol–water partition coefficient (Wildman–Crippen LogP) is 0.601. The third-order valence-electron chi connectivity index (χ3n) is 0.588. The van der Waals surface area contributed by atoms with E-state index in [-0.39, 0.29) is 6.61 Å². The highest BCUT2D eigenvalue weighted by Crippen LogP contribution is 2.09. The van der Waals surface area contributed by atoms with E-state index < -0.39 is 0 Å². The summed E-state index contributed by atoms with van der Waals surface area (Å²) in [5.74, 6) is 1.34. The zero-order valence-electron chi connectivity index (χ0n) is 5.08. The maximum Gasteiger partial charge on any atom is 0.129 e. The van der Waals surface area contributed by atoms with Crippen LogP contribution >= 0.6 is 23.5 Å². The van der Waals surface area contributed by atoms with Gasteiger partial charge < -0.3 is 9.90 Å². The second kappa shape index (κ2) is 8.33. The van der Waals surface area contributed by atoms with Gasteiger partial charge in [0.15, 0.2) is 0 Å². The molecule has 0 saturated carbocycles. The molecule has 0 aromatic heterocycles. The van der Waals surface area contributed by atoms with Gasteiger partial charge in [-0.25, -0.2) is 0 Å². The van der Waals surface area contributed by atoms with Gasteiger partial charge in [0.05, 0.1) is 6.61 Å². The van der Waals surface area contributed by atoms with Crippen molar-refractivity contribution in [3.05, 3.63) is 0 Å². The molecule has 9 heavy (non-hydrogen) atoms. The lowest BCUT2D eigenvalue weighted by Crippen LogP contribution is -1.86. The molecular formula is C5H10O2S2. The Labute approximate surface area is 63.4 Å². The Balaban J connectivity index is 2.66. The first-order chi connectivity index (χ1) is 4.41. The van der Waals surface area contributed by atoms with Crippen molar-refractivity contribution in [3.8, 4) is 0 Å². The molecule has 4 heteroatoms. The molecule has 2 nitrogen and oxygen atoms in total. The third kappa shape index (κ3) is 8.33. The Bertz CT molecular complexity index is 68.0. The van der Waals surface area contributed by atoms with Crippen LogP contribution in [0.15, 0.2) is 0 Å². The first-order valence-electron chi connectivity index (χ1n) is 2.61. The van der Waals surface area contributed by atoms with Crippen LogP contribution in [0, 0.1) is 0 Å². The number of carbonyl (C=O) groups excluding carboxylic acids is 1. The first kappa shape index (κ1) is 9.33. The Kier molecular flexibility index (Phi) is 8.64. The Morgan fingerprint density at radius 1 is 1.44 bits per heavy atom. The number of carbonyl (C=O) groups is 1. The fourth-order valence-corrected chi connectivity index (χ4v) is 1.83. The molecule has 0 aliphatic rings. The Morgan fingerprint density at radius 3 is 2.78 bits per heavy atom. The average Bonchev–Trinajstić information content (AvgIpc) is 1.89. The van der Waals surface area contributed by atoms with E-state index >= 15 is 0 Å². The van der Waals surface area contributed by atoms with Gasteiger partial charge in [0.25, 0.3) is 0 Å². The van der Waals surface area contributed by atoms with Crippen LogP contribution in [0.25, 0.3) is 0 Å². The molecule has 0 bridgehead atoms. The molecule has 0 rings (SSSR count). The molecular weight excluding hydrogens is 156 g/mol. The van der Waals surface area contributed by atoms with E-state index in [2.05, 4.69) is 0 Å². The highest BCUT2D eigenvalue weighted by Gasteiger charge is 1.86. The third-order valence-corrected chi connectivity index (χ3v) is 2.76. The molecule has 0 aliphatic carbocycles. The second-order valence-electron chi connectivity index (χ2n) is 1.29. The molecule has 0 radical (unpaired) electrons. The van der Waals surface area contributed by atoms with Crippen molar-refractivity contribution in [2.45, 2.75) is 0 Å². The summed E-state index contributed by atoms with van der Waals surface area (Å²) < 4.78 is 0. The van der Waals surface area contributed by atoms with Crippen molar-refractivity contribution in [2.24, 2.45) is 0 Å².